The van der Waals surface area contributed by atoms with Crippen LogP contribution in [0.4, 0.5) is 0 Å². The number of hydrogen-bond acceptors (Lipinski definition) is 2. The normalized spacial score (nSPS) is 11.1. The molecular formula is C4H3Cl3O3. The van der Waals surface area contributed by atoms with Crippen molar-refractivity contribution in [3.63, 3.8) is 0 Å². The fourth-order valence-corrected chi connectivity index (χ4v) is 0.622. The molecule has 0 bridgehead atoms. The van der Waals surface area contributed by atoms with Crippen molar-refractivity contribution in [3.8, 4) is 0 Å². The molecular weight excluding hydrogens is 202 g/mol. The van der Waals surface area contributed by atoms with Crippen LogP contribution in [0.15, 0.2) is 0 Å². The third-order valence-electron chi connectivity index (χ3n) is 0.600. The van der Waals surface area contributed by atoms with Crippen molar-refractivity contribution in [2.24, 2.45) is 0 Å². The summed E-state index contributed by atoms with van der Waals surface area (Å²) in [6, 6.07) is 0. The highest BCUT2D eigenvalue weighted by molar-refractivity contribution is 6.68. The number of alkyl halides is 3. The lowest BCUT2D eigenvalue weighted by molar-refractivity contribution is -0.149. The Labute approximate surface area is 71.9 Å². The fraction of sp³-hybridized carbons (Fsp3) is 0.500. The molecule has 0 aliphatic rings. The van der Waals surface area contributed by atoms with Gasteiger partial charge in [0.1, 0.15) is 0 Å². The monoisotopic (exact) mass is 204 g/mol. The molecule has 0 aliphatic heterocycles. The number of carboxylic acids is 1. The molecule has 0 spiro atoms. The third kappa shape index (κ3) is 4.85. The molecule has 0 atom stereocenters. The second kappa shape index (κ2) is 3.42. The molecule has 0 radical (unpaired) electrons. The second-order valence-electron chi connectivity index (χ2n) is 1.52. The van der Waals surface area contributed by atoms with Gasteiger partial charge in [0.15, 0.2) is 3.79 Å². The van der Waals surface area contributed by atoms with E-state index in [1.807, 2.05) is 0 Å². The Bertz CT molecular complexity index is 160. The van der Waals surface area contributed by atoms with Crippen LogP contribution in [-0.4, -0.2) is 20.7 Å². The summed E-state index contributed by atoms with van der Waals surface area (Å²) in [4.78, 5) is 20.2. The molecule has 10 heavy (non-hydrogen) atoms. The van der Waals surface area contributed by atoms with E-state index in [-0.39, 0.29) is 0 Å². The Morgan fingerprint density at radius 1 is 1.30 bits per heavy atom. The maximum Gasteiger partial charge on any atom is 0.372 e. The number of carbonyl (C=O) groups is 2. The zero-order valence-corrected chi connectivity index (χ0v) is 6.87. The topological polar surface area (TPSA) is 54.4 Å². The second-order valence-corrected chi connectivity index (χ2v) is 4.04. The van der Waals surface area contributed by atoms with E-state index in [0.29, 0.717) is 0 Å². The van der Waals surface area contributed by atoms with Crippen LogP contribution in [0.3, 0.4) is 0 Å². The van der Waals surface area contributed by atoms with Crippen LogP contribution in [0, 0.1) is 0 Å². The van der Waals surface area contributed by atoms with Gasteiger partial charge in [-0.25, -0.2) is 4.79 Å². The van der Waals surface area contributed by atoms with Crippen LogP contribution >= 0.6 is 34.8 Å². The molecule has 0 rings (SSSR count). The van der Waals surface area contributed by atoms with Gasteiger partial charge in [-0.05, 0) is 0 Å². The molecule has 6 heteroatoms. The van der Waals surface area contributed by atoms with Gasteiger partial charge in [-0.2, -0.15) is 0 Å². The van der Waals surface area contributed by atoms with E-state index in [4.69, 9.17) is 39.9 Å². The van der Waals surface area contributed by atoms with E-state index in [2.05, 4.69) is 0 Å². The lowest BCUT2D eigenvalue weighted by Gasteiger charge is -2.05. The SMILES string of the molecule is O=C(O)C(=O)CC(Cl)(Cl)Cl. The first-order chi connectivity index (χ1) is 4.33. The average molecular weight is 205 g/mol. The van der Waals surface area contributed by atoms with Crippen molar-refractivity contribution in [2.45, 2.75) is 10.2 Å². The Kier molecular flexibility index (Phi) is 3.42. The third-order valence-corrected chi connectivity index (χ3v) is 1.00. The number of carboxylic acid groups (broad SMARTS) is 1. The summed E-state index contributed by atoms with van der Waals surface area (Å²) in [7, 11) is 0. The molecule has 0 aromatic carbocycles. The number of aliphatic carboxylic acids is 1. The Morgan fingerprint density at radius 3 is 1.80 bits per heavy atom. The molecule has 0 saturated heterocycles. The number of ketones is 1. The lowest BCUT2D eigenvalue weighted by Crippen LogP contribution is -2.19. The van der Waals surface area contributed by atoms with Crippen LogP contribution in [-0.2, 0) is 9.59 Å². The van der Waals surface area contributed by atoms with Gasteiger partial charge in [0.2, 0.25) is 5.78 Å². The molecule has 0 aromatic heterocycles. The fourth-order valence-electron chi connectivity index (χ4n) is 0.258. The molecule has 0 aromatic rings. The maximum atomic E-state index is 10.3. The van der Waals surface area contributed by atoms with Crippen molar-refractivity contribution in [3.05, 3.63) is 0 Å². The largest absolute Gasteiger partial charge is 0.475 e. The van der Waals surface area contributed by atoms with Crippen molar-refractivity contribution in [2.75, 3.05) is 0 Å². The average Bonchev–Trinajstić information content (AvgIpc) is 1.60. The first kappa shape index (κ1) is 10.0. The molecule has 58 valence electrons. The molecule has 0 aliphatic carbocycles. The van der Waals surface area contributed by atoms with Crippen LogP contribution in [0.5, 0.6) is 0 Å². The highest BCUT2D eigenvalue weighted by Crippen LogP contribution is 2.29. The van der Waals surface area contributed by atoms with E-state index >= 15 is 0 Å². The summed E-state index contributed by atoms with van der Waals surface area (Å²) in [5.74, 6) is -2.70. The Balaban J connectivity index is 3.93. The van der Waals surface area contributed by atoms with Crippen LogP contribution in [0.25, 0.3) is 0 Å². The van der Waals surface area contributed by atoms with Crippen LogP contribution in [0.1, 0.15) is 6.42 Å². The zero-order chi connectivity index (χ0) is 8.36. The van der Waals surface area contributed by atoms with E-state index in [0.717, 1.165) is 0 Å². The number of Topliss-reactive ketones (excluding diaryl/α,β-unsaturated/α-hetero) is 1. The summed E-state index contributed by atoms with van der Waals surface area (Å²) in [5, 5.41) is 8.02. The number of hydrogen-bond donors (Lipinski definition) is 1. The standard InChI is InChI=1S/C4H3Cl3O3/c5-4(6,7)1-2(8)3(9)10/h1H2,(H,9,10). The Morgan fingerprint density at radius 2 is 1.70 bits per heavy atom. The van der Waals surface area contributed by atoms with E-state index in [1.54, 1.807) is 0 Å². The molecule has 0 fully saturated rings. The lowest BCUT2D eigenvalue weighted by atomic mass is 10.3. The molecule has 0 heterocycles. The van der Waals surface area contributed by atoms with Crippen LogP contribution < -0.4 is 0 Å². The first-order valence-electron chi connectivity index (χ1n) is 2.16. The molecule has 0 amide bonds. The van der Waals surface area contributed by atoms with Gasteiger partial charge in [-0.3, -0.25) is 4.79 Å². The van der Waals surface area contributed by atoms with Gasteiger partial charge >= 0.3 is 5.97 Å². The van der Waals surface area contributed by atoms with Gasteiger partial charge in [0.25, 0.3) is 0 Å². The van der Waals surface area contributed by atoms with E-state index < -0.39 is 22.0 Å². The van der Waals surface area contributed by atoms with Gasteiger partial charge in [0.05, 0.1) is 6.42 Å². The van der Waals surface area contributed by atoms with E-state index in [9.17, 15) is 9.59 Å². The van der Waals surface area contributed by atoms with Crippen LogP contribution in [0.2, 0.25) is 0 Å². The predicted molar refractivity (Wildman–Crippen MR) is 37.5 cm³/mol. The summed E-state index contributed by atoms with van der Waals surface area (Å²) >= 11 is 15.4. The summed E-state index contributed by atoms with van der Waals surface area (Å²) in [6.07, 6.45) is -0.604. The predicted octanol–water partition coefficient (Wildman–Crippen LogP) is 1.40. The highest BCUT2D eigenvalue weighted by atomic mass is 35.6. The van der Waals surface area contributed by atoms with Gasteiger partial charge < -0.3 is 5.11 Å². The van der Waals surface area contributed by atoms with E-state index in [1.165, 1.54) is 0 Å². The van der Waals surface area contributed by atoms with Gasteiger partial charge in [0, 0.05) is 0 Å². The molecule has 0 saturated carbocycles. The minimum absolute atomic E-state index is 0.604. The maximum absolute atomic E-state index is 10.3. The summed E-state index contributed by atoms with van der Waals surface area (Å²) in [5.41, 5.74) is 0. The van der Waals surface area contributed by atoms with Crippen molar-refractivity contribution in [1.82, 2.24) is 0 Å². The number of rotatable bonds is 2. The zero-order valence-electron chi connectivity index (χ0n) is 4.60. The Hall–Kier alpha value is 0.01000. The smallest absolute Gasteiger partial charge is 0.372 e. The molecule has 1 N–H and O–H groups in total. The van der Waals surface area contributed by atoms with Gasteiger partial charge in [-0.1, -0.05) is 34.8 Å². The minimum Gasteiger partial charge on any atom is -0.475 e. The highest BCUT2D eigenvalue weighted by Gasteiger charge is 2.27. The van der Waals surface area contributed by atoms with Gasteiger partial charge in [-0.15, -0.1) is 0 Å². The molecule has 3 nitrogen and oxygen atoms in total. The summed E-state index contributed by atoms with van der Waals surface area (Å²) < 4.78 is -1.81. The number of carbonyl (C=O) groups excluding carboxylic acids is 1. The van der Waals surface area contributed by atoms with Crippen molar-refractivity contribution in [1.29, 1.82) is 0 Å². The van der Waals surface area contributed by atoms with Crippen molar-refractivity contribution < 1.29 is 14.7 Å². The quantitative estimate of drug-likeness (QED) is 0.548. The molecule has 0 unspecified atom stereocenters. The summed E-state index contributed by atoms with van der Waals surface area (Å²) in [6.45, 7) is 0. The minimum atomic E-state index is -1.81. The van der Waals surface area contributed by atoms with Crippen molar-refractivity contribution >= 4 is 46.6 Å². The first-order valence-corrected chi connectivity index (χ1v) is 3.29. The number of halogens is 3.